The first-order valence-electron chi connectivity index (χ1n) is 7.80. The Morgan fingerprint density at radius 2 is 1.58 bits per heavy atom. The lowest BCUT2D eigenvalue weighted by atomic mass is 10.1. The summed E-state index contributed by atoms with van der Waals surface area (Å²) in [6.45, 7) is 0. The summed E-state index contributed by atoms with van der Waals surface area (Å²) in [5, 5.41) is 9.33. The molecule has 0 aliphatic rings. The predicted molar refractivity (Wildman–Crippen MR) is 98.6 cm³/mol. The predicted octanol–water partition coefficient (Wildman–Crippen LogP) is 5.11. The van der Waals surface area contributed by atoms with Crippen LogP contribution in [0, 0.1) is 0 Å². The molecule has 0 amide bonds. The Kier molecular flexibility index (Phi) is 3.60. The van der Waals surface area contributed by atoms with Crippen molar-refractivity contribution in [3.05, 3.63) is 83.9 Å². The molecule has 0 unspecified atom stereocenters. The molecule has 0 atom stereocenters. The van der Waals surface area contributed by atoms with Crippen molar-refractivity contribution >= 4 is 23.2 Å². The molecule has 0 fully saturated rings. The number of hydrogen-bond acceptors (Lipinski definition) is 2. The van der Waals surface area contributed by atoms with Crippen molar-refractivity contribution in [1.29, 1.82) is 0 Å². The van der Waals surface area contributed by atoms with Gasteiger partial charge in [0.05, 0.1) is 11.0 Å². The van der Waals surface area contributed by atoms with Crippen molar-refractivity contribution in [2.24, 2.45) is 0 Å². The van der Waals surface area contributed by atoms with E-state index in [9.17, 15) is 5.11 Å². The number of rotatable bonds is 3. The first kappa shape index (κ1) is 14.3. The third-order valence-corrected chi connectivity index (χ3v) is 3.91. The highest BCUT2D eigenvalue weighted by Crippen LogP contribution is 2.22. The minimum atomic E-state index is 0.277. The fraction of sp³-hybridized carbons (Fsp3) is 0. The summed E-state index contributed by atoms with van der Waals surface area (Å²) in [5.41, 5.74) is 5.21. The molecule has 4 rings (SSSR count). The number of aromatic hydroxyl groups is 1. The van der Waals surface area contributed by atoms with Crippen molar-refractivity contribution in [1.82, 2.24) is 9.97 Å². The van der Waals surface area contributed by atoms with Gasteiger partial charge in [-0.05, 0) is 41.5 Å². The Hall–Kier alpha value is -3.33. The van der Waals surface area contributed by atoms with Crippen molar-refractivity contribution in [2.75, 3.05) is 0 Å². The number of nitrogens with zero attached hydrogens (tertiary/aromatic N) is 1. The van der Waals surface area contributed by atoms with Gasteiger partial charge in [-0.15, -0.1) is 0 Å². The molecular weight excluding hydrogens is 296 g/mol. The van der Waals surface area contributed by atoms with Crippen LogP contribution in [0.4, 0.5) is 0 Å². The monoisotopic (exact) mass is 312 g/mol. The van der Waals surface area contributed by atoms with Crippen LogP contribution < -0.4 is 0 Å². The molecule has 3 aromatic carbocycles. The highest BCUT2D eigenvalue weighted by Gasteiger charge is 2.04. The van der Waals surface area contributed by atoms with Gasteiger partial charge in [0.1, 0.15) is 11.6 Å². The number of nitrogens with one attached hydrogen (secondary N) is 1. The number of para-hydroxylation sites is 2. The van der Waals surface area contributed by atoms with Gasteiger partial charge in [-0.25, -0.2) is 4.98 Å². The Balaban J connectivity index is 1.64. The number of phenols is 1. The maximum Gasteiger partial charge on any atom is 0.138 e. The fourth-order valence-electron chi connectivity index (χ4n) is 2.66. The van der Waals surface area contributed by atoms with Crippen molar-refractivity contribution < 1.29 is 5.11 Å². The summed E-state index contributed by atoms with van der Waals surface area (Å²) in [7, 11) is 0. The molecule has 0 bridgehead atoms. The molecule has 24 heavy (non-hydrogen) atoms. The average Bonchev–Trinajstić information content (AvgIpc) is 3.06. The lowest BCUT2D eigenvalue weighted by molar-refractivity contribution is 0.475. The molecule has 116 valence electrons. The SMILES string of the molecule is Oc1ccc(/C=C/c2cccc(-c3nc4ccccc4[nH]3)c2)cc1. The van der Waals surface area contributed by atoms with Crippen LogP contribution in [0.5, 0.6) is 5.75 Å². The van der Waals surface area contributed by atoms with E-state index >= 15 is 0 Å². The van der Waals surface area contributed by atoms with Crippen molar-refractivity contribution in [2.45, 2.75) is 0 Å². The number of fused-ring (bicyclic) bond motifs is 1. The molecule has 0 saturated heterocycles. The lowest BCUT2D eigenvalue weighted by Crippen LogP contribution is -1.81. The van der Waals surface area contributed by atoms with Crippen LogP contribution in [0.1, 0.15) is 11.1 Å². The van der Waals surface area contributed by atoms with Gasteiger partial charge in [-0.1, -0.05) is 54.6 Å². The molecule has 2 N–H and O–H groups in total. The van der Waals surface area contributed by atoms with Crippen LogP contribution in [0.3, 0.4) is 0 Å². The summed E-state index contributed by atoms with van der Waals surface area (Å²) in [5.74, 6) is 1.15. The maximum absolute atomic E-state index is 9.33. The molecule has 0 radical (unpaired) electrons. The second kappa shape index (κ2) is 6.05. The zero-order valence-corrected chi connectivity index (χ0v) is 13.0. The third-order valence-electron chi connectivity index (χ3n) is 3.91. The number of phenolic OH excluding ortho intramolecular Hbond substituents is 1. The van der Waals surface area contributed by atoms with Gasteiger partial charge < -0.3 is 10.1 Å². The van der Waals surface area contributed by atoms with Crippen LogP contribution >= 0.6 is 0 Å². The molecule has 4 aromatic rings. The van der Waals surface area contributed by atoms with E-state index in [1.165, 1.54) is 0 Å². The van der Waals surface area contributed by atoms with Crippen LogP contribution in [-0.4, -0.2) is 15.1 Å². The Bertz CT molecular complexity index is 980. The standard InChI is InChI=1S/C21H16N2O/c24-18-12-10-15(11-13-18)8-9-16-4-3-5-17(14-16)21-22-19-6-1-2-7-20(19)23-21/h1-14,24H,(H,22,23)/b9-8+. The largest absolute Gasteiger partial charge is 0.508 e. The van der Waals surface area contributed by atoms with Crippen LogP contribution in [0.2, 0.25) is 0 Å². The topological polar surface area (TPSA) is 48.9 Å². The zero-order valence-electron chi connectivity index (χ0n) is 13.0. The van der Waals surface area contributed by atoms with E-state index in [0.717, 1.165) is 33.5 Å². The minimum absolute atomic E-state index is 0.277. The molecule has 3 heteroatoms. The molecule has 0 aliphatic heterocycles. The van der Waals surface area contributed by atoms with Gasteiger partial charge in [0.15, 0.2) is 0 Å². The summed E-state index contributed by atoms with van der Waals surface area (Å²) in [4.78, 5) is 8.00. The molecule has 1 heterocycles. The van der Waals surface area contributed by atoms with E-state index in [4.69, 9.17) is 0 Å². The quantitative estimate of drug-likeness (QED) is 0.517. The number of aromatic nitrogens is 2. The average molecular weight is 312 g/mol. The molecular formula is C21H16N2O. The second-order valence-electron chi connectivity index (χ2n) is 5.65. The van der Waals surface area contributed by atoms with Crippen LogP contribution in [-0.2, 0) is 0 Å². The molecule has 3 nitrogen and oxygen atoms in total. The molecule has 0 aliphatic carbocycles. The number of imidazole rings is 1. The molecule has 1 aromatic heterocycles. The van der Waals surface area contributed by atoms with Gasteiger partial charge in [0.2, 0.25) is 0 Å². The van der Waals surface area contributed by atoms with Gasteiger partial charge in [0.25, 0.3) is 0 Å². The van der Waals surface area contributed by atoms with Gasteiger partial charge in [0, 0.05) is 5.56 Å². The van der Waals surface area contributed by atoms with Crippen LogP contribution in [0.25, 0.3) is 34.6 Å². The van der Waals surface area contributed by atoms with Gasteiger partial charge in [-0.3, -0.25) is 0 Å². The summed E-state index contributed by atoms with van der Waals surface area (Å²) in [6, 6.07) is 23.4. The smallest absolute Gasteiger partial charge is 0.138 e. The number of benzene rings is 3. The number of aromatic amines is 1. The number of H-pyrrole nitrogens is 1. The zero-order chi connectivity index (χ0) is 16.4. The summed E-state index contributed by atoms with van der Waals surface area (Å²) >= 11 is 0. The maximum atomic E-state index is 9.33. The number of hydrogen-bond donors (Lipinski definition) is 2. The van der Waals surface area contributed by atoms with Gasteiger partial charge in [-0.2, -0.15) is 0 Å². The highest BCUT2D eigenvalue weighted by molar-refractivity contribution is 5.80. The van der Waals surface area contributed by atoms with E-state index in [1.54, 1.807) is 12.1 Å². The molecule has 0 spiro atoms. The first-order chi connectivity index (χ1) is 11.8. The third kappa shape index (κ3) is 2.92. The lowest BCUT2D eigenvalue weighted by Gasteiger charge is -1.99. The summed E-state index contributed by atoms with van der Waals surface area (Å²) < 4.78 is 0. The molecule has 0 saturated carbocycles. The summed E-state index contributed by atoms with van der Waals surface area (Å²) in [6.07, 6.45) is 4.08. The van der Waals surface area contributed by atoms with Crippen molar-refractivity contribution in [3.8, 4) is 17.1 Å². The van der Waals surface area contributed by atoms with E-state index in [0.29, 0.717) is 0 Å². The van der Waals surface area contributed by atoms with Gasteiger partial charge >= 0.3 is 0 Å². The van der Waals surface area contributed by atoms with Crippen LogP contribution in [0.15, 0.2) is 72.8 Å². The van der Waals surface area contributed by atoms with E-state index in [1.807, 2.05) is 48.5 Å². The normalized spacial score (nSPS) is 11.3. The first-order valence-corrected chi connectivity index (χ1v) is 7.80. The van der Waals surface area contributed by atoms with Crippen molar-refractivity contribution in [3.63, 3.8) is 0 Å². The highest BCUT2D eigenvalue weighted by atomic mass is 16.3. The Morgan fingerprint density at radius 1 is 0.792 bits per heavy atom. The fourth-order valence-corrected chi connectivity index (χ4v) is 2.66. The minimum Gasteiger partial charge on any atom is -0.508 e. The van der Waals surface area contributed by atoms with E-state index < -0.39 is 0 Å². The van der Waals surface area contributed by atoms with E-state index in [-0.39, 0.29) is 5.75 Å². The van der Waals surface area contributed by atoms with E-state index in [2.05, 4.69) is 34.2 Å². The second-order valence-corrected chi connectivity index (χ2v) is 5.65. The Morgan fingerprint density at radius 3 is 2.42 bits per heavy atom. The Labute approximate surface area is 139 Å².